The molecule has 1 aromatic rings. The van der Waals surface area contributed by atoms with E-state index >= 15 is 0 Å². The second-order valence-electron chi connectivity index (χ2n) is 6.06. The van der Waals surface area contributed by atoms with Crippen LogP contribution >= 0.6 is 0 Å². The molecular weight excluding hydrogens is 234 g/mol. The molecule has 1 fully saturated rings. The van der Waals surface area contributed by atoms with Gasteiger partial charge in [-0.15, -0.1) is 0 Å². The Morgan fingerprint density at radius 2 is 2.11 bits per heavy atom. The Balaban J connectivity index is 2.15. The van der Waals surface area contributed by atoms with Gasteiger partial charge in [0.05, 0.1) is 12.1 Å². The van der Waals surface area contributed by atoms with E-state index in [1.165, 1.54) is 24.8 Å². The van der Waals surface area contributed by atoms with E-state index in [1.54, 1.807) is 0 Å². The maximum Gasteiger partial charge on any atom is 0.0745 e. The van der Waals surface area contributed by atoms with Gasteiger partial charge in [0.2, 0.25) is 0 Å². The molecule has 1 aliphatic rings. The molecule has 106 valence electrons. The predicted molar refractivity (Wildman–Crippen MR) is 78.9 cm³/mol. The molecule has 0 radical (unpaired) electrons. The number of quaternary nitrogens is 1. The minimum absolute atomic E-state index is 0.0805. The van der Waals surface area contributed by atoms with Gasteiger partial charge in [0.1, 0.15) is 0 Å². The zero-order valence-electron chi connectivity index (χ0n) is 12.4. The Kier molecular flexibility index (Phi) is 5.00. The fraction of sp³-hybridized carbons (Fsp3) is 0.647. The highest BCUT2D eigenvalue weighted by Crippen LogP contribution is 2.40. The van der Waals surface area contributed by atoms with Crippen molar-refractivity contribution < 1.29 is 10.5 Å². The fourth-order valence-electron chi connectivity index (χ4n) is 3.36. The van der Waals surface area contributed by atoms with Gasteiger partial charge in [-0.3, -0.25) is 0 Å². The largest absolute Gasteiger partial charge is 0.375 e. The minimum atomic E-state index is 0.0805. The number of ether oxygens (including phenoxy) is 1. The summed E-state index contributed by atoms with van der Waals surface area (Å²) < 4.78 is 5.99. The van der Waals surface area contributed by atoms with E-state index in [2.05, 4.69) is 49.9 Å². The molecule has 2 nitrogen and oxygen atoms in total. The van der Waals surface area contributed by atoms with Crippen LogP contribution in [0.25, 0.3) is 0 Å². The highest BCUT2D eigenvalue weighted by atomic mass is 16.5. The molecule has 1 saturated heterocycles. The molecule has 2 heteroatoms. The molecule has 1 heterocycles. The van der Waals surface area contributed by atoms with Crippen molar-refractivity contribution in [2.75, 3.05) is 13.2 Å². The molecule has 0 unspecified atom stereocenters. The van der Waals surface area contributed by atoms with E-state index in [-0.39, 0.29) is 5.60 Å². The summed E-state index contributed by atoms with van der Waals surface area (Å²) in [6.07, 6.45) is 4.67. The average molecular weight is 262 g/mol. The first kappa shape index (κ1) is 14.5. The van der Waals surface area contributed by atoms with E-state index < -0.39 is 0 Å². The van der Waals surface area contributed by atoms with Gasteiger partial charge in [-0.25, -0.2) is 0 Å². The van der Waals surface area contributed by atoms with E-state index in [4.69, 9.17) is 4.74 Å². The van der Waals surface area contributed by atoms with Crippen molar-refractivity contribution in [3.63, 3.8) is 0 Å². The molecule has 0 aromatic heterocycles. The van der Waals surface area contributed by atoms with Gasteiger partial charge < -0.3 is 10.5 Å². The molecular formula is C17H28NO+. The number of rotatable bonds is 5. The van der Waals surface area contributed by atoms with Crippen LogP contribution in [0.1, 0.15) is 51.0 Å². The standard InChI is InChI=1S/C17H27NO/c1-3-17(2)13-15(10-12-19-17)16(9-11-18)14-7-5-4-6-8-14/h4-8,15-16H,3,9-13,18H2,1-2H3/p+1/t15-,16+,17+/m1/s1. The zero-order chi connectivity index (χ0) is 13.7. The molecule has 3 N–H and O–H groups in total. The van der Waals surface area contributed by atoms with Crippen molar-refractivity contribution in [1.29, 1.82) is 0 Å². The van der Waals surface area contributed by atoms with Crippen LogP contribution in [0.15, 0.2) is 30.3 Å². The zero-order valence-corrected chi connectivity index (χ0v) is 12.4. The van der Waals surface area contributed by atoms with Crippen LogP contribution in [0.4, 0.5) is 0 Å². The summed E-state index contributed by atoms with van der Waals surface area (Å²) in [6.45, 7) is 6.43. The van der Waals surface area contributed by atoms with Gasteiger partial charge in [-0.1, -0.05) is 37.3 Å². The van der Waals surface area contributed by atoms with Gasteiger partial charge in [0.15, 0.2) is 0 Å². The van der Waals surface area contributed by atoms with Crippen LogP contribution in [-0.2, 0) is 4.74 Å². The Morgan fingerprint density at radius 3 is 2.74 bits per heavy atom. The lowest BCUT2D eigenvalue weighted by atomic mass is 9.74. The second kappa shape index (κ2) is 6.53. The van der Waals surface area contributed by atoms with E-state index in [0.29, 0.717) is 5.92 Å². The quantitative estimate of drug-likeness (QED) is 0.870. The summed E-state index contributed by atoms with van der Waals surface area (Å²) in [5, 5.41) is 0. The molecule has 2 rings (SSSR count). The third kappa shape index (κ3) is 3.58. The van der Waals surface area contributed by atoms with Crippen LogP contribution in [0.5, 0.6) is 0 Å². The summed E-state index contributed by atoms with van der Waals surface area (Å²) in [5.41, 5.74) is 5.63. The van der Waals surface area contributed by atoms with Crippen LogP contribution < -0.4 is 5.73 Å². The van der Waals surface area contributed by atoms with Crippen LogP contribution in [0, 0.1) is 5.92 Å². The van der Waals surface area contributed by atoms with Gasteiger partial charge >= 0.3 is 0 Å². The summed E-state index contributed by atoms with van der Waals surface area (Å²) in [5.74, 6) is 1.39. The predicted octanol–water partition coefficient (Wildman–Crippen LogP) is 3.00. The van der Waals surface area contributed by atoms with Crippen LogP contribution in [0.3, 0.4) is 0 Å². The first-order valence-corrected chi connectivity index (χ1v) is 7.66. The summed E-state index contributed by atoms with van der Waals surface area (Å²) in [6, 6.07) is 11.0. The highest BCUT2D eigenvalue weighted by molar-refractivity contribution is 5.20. The molecule has 19 heavy (non-hydrogen) atoms. The van der Waals surface area contributed by atoms with E-state index in [1.807, 2.05) is 0 Å². The number of hydrogen-bond acceptors (Lipinski definition) is 1. The number of hydrogen-bond donors (Lipinski definition) is 1. The SMILES string of the molecule is CC[C@@]1(C)C[C@H]([C@@H](CC[NH3+])c2ccccc2)CCO1. The lowest BCUT2D eigenvalue weighted by molar-refractivity contribution is -0.369. The Bertz CT molecular complexity index is 378. The smallest absolute Gasteiger partial charge is 0.0745 e. The molecule has 0 amide bonds. The summed E-state index contributed by atoms with van der Waals surface area (Å²) >= 11 is 0. The van der Waals surface area contributed by atoms with Crippen molar-refractivity contribution in [3.05, 3.63) is 35.9 Å². The molecule has 3 atom stereocenters. The monoisotopic (exact) mass is 262 g/mol. The van der Waals surface area contributed by atoms with Crippen molar-refractivity contribution >= 4 is 0 Å². The van der Waals surface area contributed by atoms with Gasteiger partial charge in [-0.05, 0) is 43.6 Å². The fourth-order valence-corrected chi connectivity index (χ4v) is 3.36. The lowest BCUT2D eigenvalue weighted by Crippen LogP contribution is -2.51. The van der Waals surface area contributed by atoms with Crippen LogP contribution in [-0.4, -0.2) is 18.8 Å². The van der Waals surface area contributed by atoms with E-state index in [0.717, 1.165) is 25.5 Å². The van der Waals surface area contributed by atoms with Crippen LogP contribution in [0.2, 0.25) is 0 Å². The number of benzene rings is 1. The van der Waals surface area contributed by atoms with Crippen molar-refractivity contribution in [2.45, 2.75) is 51.0 Å². The third-order valence-electron chi connectivity index (χ3n) is 4.69. The van der Waals surface area contributed by atoms with Crippen molar-refractivity contribution in [3.8, 4) is 0 Å². The minimum Gasteiger partial charge on any atom is -0.375 e. The highest BCUT2D eigenvalue weighted by Gasteiger charge is 2.35. The maximum absolute atomic E-state index is 5.99. The summed E-state index contributed by atoms with van der Waals surface area (Å²) in [7, 11) is 0. The molecule has 0 saturated carbocycles. The molecule has 0 spiro atoms. The normalized spacial score (nSPS) is 29.1. The Labute approximate surface area is 117 Å². The second-order valence-corrected chi connectivity index (χ2v) is 6.06. The van der Waals surface area contributed by atoms with Crippen molar-refractivity contribution in [1.82, 2.24) is 0 Å². The van der Waals surface area contributed by atoms with Gasteiger partial charge in [0, 0.05) is 13.0 Å². The topological polar surface area (TPSA) is 36.9 Å². The maximum atomic E-state index is 5.99. The van der Waals surface area contributed by atoms with E-state index in [9.17, 15) is 0 Å². The first-order valence-electron chi connectivity index (χ1n) is 7.66. The van der Waals surface area contributed by atoms with Gasteiger partial charge in [-0.2, -0.15) is 0 Å². The Morgan fingerprint density at radius 1 is 1.37 bits per heavy atom. The summed E-state index contributed by atoms with van der Waals surface area (Å²) in [4.78, 5) is 0. The molecule has 0 aliphatic carbocycles. The molecule has 1 aliphatic heterocycles. The molecule has 0 bridgehead atoms. The Hall–Kier alpha value is -0.860. The third-order valence-corrected chi connectivity index (χ3v) is 4.69. The van der Waals surface area contributed by atoms with Crippen molar-refractivity contribution in [2.24, 2.45) is 5.92 Å². The lowest BCUT2D eigenvalue weighted by Gasteiger charge is -2.41. The molecule has 1 aromatic carbocycles. The first-order chi connectivity index (χ1) is 9.18. The average Bonchev–Trinajstić information content (AvgIpc) is 2.46. The van der Waals surface area contributed by atoms with Gasteiger partial charge in [0.25, 0.3) is 0 Å².